The van der Waals surface area contributed by atoms with Crippen LogP contribution in [0.15, 0.2) is 24.4 Å². The fourth-order valence-electron chi connectivity index (χ4n) is 1.45. The van der Waals surface area contributed by atoms with Gasteiger partial charge in [-0.05, 0) is 31.5 Å². The van der Waals surface area contributed by atoms with Crippen LogP contribution in [0.1, 0.15) is 12.1 Å². The Morgan fingerprint density at radius 2 is 2.06 bits per heavy atom. The zero-order valence-electron chi connectivity index (χ0n) is 9.11. The van der Waals surface area contributed by atoms with Gasteiger partial charge in [-0.15, -0.1) is 5.10 Å². The van der Waals surface area contributed by atoms with E-state index in [1.165, 1.54) is 10.7 Å². The highest BCUT2D eigenvalue weighted by atomic mass is 19.2. The summed E-state index contributed by atoms with van der Waals surface area (Å²) in [5, 5.41) is 7.77. The number of halogens is 2. The van der Waals surface area contributed by atoms with Gasteiger partial charge in [-0.25, -0.2) is 13.5 Å². The van der Waals surface area contributed by atoms with Crippen LogP contribution in [-0.4, -0.2) is 21.5 Å². The summed E-state index contributed by atoms with van der Waals surface area (Å²) in [7, 11) is 0. The Morgan fingerprint density at radius 3 is 2.76 bits per heavy atom. The molecular formula is C11H12F2N4. The first-order valence-corrected chi connectivity index (χ1v) is 5.27. The number of benzene rings is 1. The Kier molecular flexibility index (Phi) is 3.43. The standard InChI is InChI=1S/C11H12F2N4/c12-10-4-3-9(6-11(10)13)17-7-8(15-16-17)2-1-5-14/h3-4,6-7H,1-2,5,14H2. The molecule has 0 aliphatic heterocycles. The normalized spacial score (nSPS) is 10.8. The quantitative estimate of drug-likeness (QED) is 0.876. The largest absolute Gasteiger partial charge is 0.330 e. The molecule has 2 rings (SSSR count). The number of aryl methyl sites for hydroxylation is 1. The van der Waals surface area contributed by atoms with E-state index in [-0.39, 0.29) is 0 Å². The minimum Gasteiger partial charge on any atom is -0.330 e. The van der Waals surface area contributed by atoms with E-state index < -0.39 is 11.6 Å². The van der Waals surface area contributed by atoms with Crippen molar-refractivity contribution >= 4 is 0 Å². The molecule has 0 aliphatic carbocycles. The summed E-state index contributed by atoms with van der Waals surface area (Å²) in [6.07, 6.45) is 3.22. The van der Waals surface area contributed by atoms with E-state index in [2.05, 4.69) is 10.3 Å². The van der Waals surface area contributed by atoms with Gasteiger partial charge in [0.25, 0.3) is 0 Å². The third-order valence-corrected chi connectivity index (χ3v) is 2.35. The Hall–Kier alpha value is -1.82. The summed E-state index contributed by atoms with van der Waals surface area (Å²) >= 11 is 0. The number of nitrogens with two attached hydrogens (primary N) is 1. The van der Waals surface area contributed by atoms with Crippen LogP contribution in [0.25, 0.3) is 5.69 Å². The Morgan fingerprint density at radius 1 is 1.24 bits per heavy atom. The highest BCUT2D eigenvalue weighted by Crippen LogP contribution is 2.12. The molecule has 2 aromatic rings. The monoisotopic (exact) mass is 238 g/mol. The van der Waals surface area contributed by atoms with E-state index in [0.29, 0.717) is 12.2 Å². The molecule has 0 bridgehead atoms. The van der Waals surface area contributed by atoms with Crippen LogP contribution in [0.2, 0.25) is 0 Å². The number of hydrogen-bond donors (Lipinski definition) is 1. The van der Waals surface area contributed by atoms with E-state index in [9.17, 15) is 8.78 Å². The highest BCUT2D eigenvalue weighted by molar-refractivity contribution is 5.31. The zero-order valence-corrected chi connectivity index (χ0v) is 9.11. The van der Waals surface area contributed by atoms with Gasteiger partial charge in [-0.1, -0.05) is 5.21 Å². The Bertz CT molecular complexity index is 510. The molecule has 6 heteroatoms. The molecule has 0 radical (unpaired) electrons. The fraction of sp³-hybridized carbons (Fsp3) is 0.273. The zero-order chi connectivity index (χ0) is 12.3. The van der Waals surface area contributed by atoms with Crippen molar-refractivity contribution in [2.24, 2.45) is 5.73 Å². The topological polar surface area (TPSA) is 56.7 Å². The molecule has 90 valence electrons. The molecule has 0 aliphatic rings. The molecule has 0 atom stereocenters. The number of nitrogens with zero attached hydrogens (tertiary/aromatic N) is 3. The summed E-state index contributed by atoms with van der Waals surface area (Å²) < 4.78 is 27.2. The lowest BCUT2D eigenvalue weighted by Crippen LogP contribution is -2.00. The summed E-state index contributed by atoms with van der Waals surface area (Å²) in [4.78, 5) is 0. The minimum atomic E-state index is -0.901. The lowest BCUT2D eigenvalue weighted by Gasteiger charge is -2.00. The second-order valence-electron chi connectivity index (χ2n) is 3.65. The minimum absolute atomic E-state index is 0.440. The van der Waals surface area contributed by atoms with Gasteiger partial charge in [0.2, 0.25) is 0 Å². The molecule has 0 saturated carbocycles. The highest BCUT2D eigenvalue weighted by Gasteiger charge is 2.06. The van der Waals surface area contributed by atoms with Crippen LogP contribution in [-0.2, 0) is 6.42 Å². The van der Waals surface area contributed by atoms with Crippen LogP contribution in [0.5, 0.6) is 0 Å². The summed E-state index contributed by atoms with van der Waals surface area (Å²) in [6.45, 7) is 0.581. The van der Waals surface area contributed by atoms with Crippen LogP contribution >= 0.6 is 0 Å². The van der Waals surface area contributed by atoms with Crippen LogP contribution < -0.4 is 5.73 Å². The third kappa shape index (κ3) is 2.65. The van der Waals surface area contributed by atoms with Gasteiger partial charge in [0.05, 0.1) is 17.6 Å². The molecule has 0 saturated heterocycles. The molecule has 0 amide bonds. The van der Waals surface area contributed by atoms with Gasteiger partial charge < -0.3 is 5.73 Å². The molecular weight excluding hydrogens is 226 g/mol. The van der Waals surface area contributed by atoms with Gasteiger partial charge in [-0.2, -0.15) is 0 Å². The molecule has 0 spiro atoms. The molecule has 2 N–H and O–H groups in total. The maximum Gasteiger partial charge on any atom is 0.160 e. The van der Waals surface area contributed by atoms with Crippen molar-refractivity contribution in [3.05, 3.63) is 41.7 Å². The molecule has 0 unspecified atom stereocenters. The van der Waals surface area contributed by atoms with E-state index >= 15 is 0 Å². The van der Waals surface area contributed by atoms with E-state index in [1.807, 2.05) is 0 Å². The molecule has 1 heterocycles. The molecule has 17 heavy (non-hydrogen) atoms. The van der Waals surface area contributed by atoms with Crippen molar-refractivity contribution in [3.8, 4) is 5.69 Å². The van der Waals surface area contributed by atoms with E-state index in [4.69, 9.17) is 5.73 Å². The number of rotatable bonds is 4. The molecule has 0 fully saturated rings. The van der Waals surface area contributed by atoms with Gasteiger partial charge in [0.15, 0.2) is 11.6 Å². The molecule has 4 nitrogen and oxygen atoms in total. The second kappa shape index (κ2) is 5.01. The predicted octanol–water partition coefficient (Wildman–Crippen LogP) is 1.44. The predicted molar refractivity (Wildman–Crippen MR) is 58.7 cm³/mol. The number of aromatic nitrogens is 3. The van der Waals surface area contributed by atoms with E-state index in [1.54, 1.807) is 6.20 Å². The van der Waals surface area contributed by atoms with Gasteiger partial charge >= 0.3 is 0 Å². The van der Waals surface area contributed by atoms with Crippen molar-refractivity contribution in [2.45, 2.75) is 12.8 Å². The van der Waals surface area contributed by atoms with Crippen LogP contribution in [0, 0.1) is 11.6 Å². The average molecular weight is 238 g/mol. The maximum absolute atomic E-state index is 13.0. The third-order valence-electron chi connectivity index (χ3n) is 2.35. The summed E-state index contributed by atoms with van der Waals surface area (Å²) in [6, 6.07) is 3.59. The van der Waals surface area contributed by atoms with E-state index in [0.717, 1.165) is 30.7 Å². The SMILES string of the molecule is NCCCc1cn(-c2ccc(F)c(F)c2)nn1. The van der Waals surface area contributed by atoms with Crippen molar-refractivity contribution in [1.82, 2.24) is 15.0 Å². The number of hydrogen-bond acceptors (Lipinski definition) is 3. The van der Waals surface area contributed by atoms with Crippen molar-refractivity contribution in [3.63, 3.8) is 0 Å². The molecule has 1 aromatic carbocycles. The average Bonchev–Trinajstić information content (AvgIpc) is 2.79. The smallest absolute Gasteiger partial charge is 0.160 e. The van der Waals surface area contributed by atoms with Gasteiger partial charge in [-0.3, -0.25) is 0 Å². The Labute approximate surface area is 97.0 Å². The first-order chi connectivity index (χ1) is 8.20. The maximum atomic E-state index is 13.0. The molecule has 1 aromatic heterocycles. The first kappa shape index (κ1) is 11.7. The van der Waals surface area contributed by atoms with Crippen molar-refractivity contribution in [2.75, 3.05) is 6.54 Å². The lowest BCUT2D eigenvalue weighted by molar-refractivity contribution is 0.507. The lowest BCUT2D eigenvalue weighted by atomic mass is 10.2. The fourth-order valence-corrected chi connectivity index (χ4v) is 1.45. The van der Waals surface area contributed by atoms with Crippen molar-refractivity contribution < 1.29 is 8.78 Å². The summed E-state index contributed by atoms with van der Waals surface area (Å²) in [5.74, 6) is -1.78. The van der Waals surface area contributed by atoms with Gasteiger partial charge in [0, 0.05) is 6.07 Å². The van der Waals surface area contributed by atoms with Crippen LogP contribution in [0.3, 0.4) is 0 Å². The summed E-state index contributed by atoms with van der Waals surface area (Å²) in [5.41, 5.74) is 6.60. The Balaban J connectivity index is 2.21. The van der Waals surface area contributed by atoms with Gasteiger partial charge in [0.1, 0.15) is 0 Å². The van der Waals surface area contributed by atoms with Crippen LogP contribution in [0.4, 0.5) is 8.78 Å². The van der Waals surface area contributed by atoms with Crippen molar-refractivity contribution in [1.29, 1.82) is 0 Å². The first-order valence-electron chi connectivity index (χ1n) is 5.27. The second-order valence-corrected chi connectivity index (χ2v) is 3.65.